The molecule has 2 N–H and O–H groups in total. The van der Waals surface area contributed by atoms with Crippen molar-refractivity contribution in [3.8, 4) is 0 Å². The molecule has 0 bridgehead atoms. The van der Waals surface area contributed by atoms with Gasteiger partial charge in [0.1, 0.15) is 0 Å². The van der Waals surface area contributed by atoms with Crippen molar-refractivity contribution >= 4 is 17.8 Å². The van der Waals surface area contributed by atoms with Crippen molar-refractivity contribution in [2.24, 2.45) is 5.73 Å². The van der Waals surface area contributed by atoms with Gasteiger partial charge in [0.05, 0.1) is 0 Å². The molecule has 76 valence electrons. The van der Waals surface area contributed by atoms with E-state index >= 15 is 0 Å². The van der Waals surface area contributed by atoms with Gasteiger partial charge in [0.25, 0.3) is 5.76 Å². The van der Waals surface area contributed by atoms with E-state index < -0.39 is 5.76 Å². The van der Waals surface area contributed by atoms with Crippen LogP contribution in [-0.4, -0.2) is 12.3 Å². The molecule has 0 saturated carbocycles. The standard InChI is InChI=1S/C10H11F2NS/c11-10(12)14-9-6-2-1-4-8(9)5-3-7-13/h1-6,10H,7,13H2/b5-3+. The Morgan fingerprint density at radius 3 is 2.71 bits per heavy atom. The van der Waals surface area contributed by atoms with Gasteiger partial charge in [0.2, 0.25) is 0 Å². The number of rotatable bonds is 4. The van der Waals surface area contributed by atoms with Crippen LogP contribution in [0.25, 0.3) is 6.08 Å². The number of hydrogen-bond acceptors (Lipinski definition) is 2. The highest BCUT2D eigenvalue weighted by Gasteiger charge is 2.07. The van der Waals surface area contributed by atoms with E-state index in [1.807, 2.05) is 6.07 Å². The first-order valence-corrected chi connectivity index (χ1v) is 5.02. The Morgan fingerprint density at radius 1 is 1.36 bits per heavy atom. The number of alkyl halides is 2. The fraction of sp³-hybridized carbons (Fsp3) is 0.200. The van der Waals surface area contributed by atoms with Crippen LogP contribution in [-0.2, 0) is 0 Å². The number of thioether (sulfide) groups is 1. The number of halogens is 2. The van der Waals surface area contributed by atoms with Crippen LogP contribution in [0, 0.1) is 0 Å². The summed E-state index contributed by atoms with van der Waals surface area (Å²) in [5.74, 6) is -2.39. The first-order valence-electron chi connectivity index (χ1n) is 4.14. The lowest BCUT2D eigenvalue weighted by Gasteiger charge is -2.03. The molecule has 0 spiro atoms. The molecular formula is C10H11F2NS. The van der Waals surface area contributed by atoms with Crippen LogP contribution in [0.15, 0.2) is 35.2 Å². The van der Waals surface area contributed by atoms with E-state index in [-0.39, 0.29) is 0 Å². The van der Waals surface area contributed by atoms with Crippen molar-refractivity contribution in [3.05, 3.63) is 35.9 Å². The van der Waals surface area contributed by atoms with Crippen LogP contribution in [0.1, 0.15) is 5.56 Å². The lowest BCUT2D eigenvalue weighted by Crippen LogP contribution is -1.92. The largest absolute Gasteiger partial charge is 0.327 e. The molecule has 1 aromatic carbocycles. The third-order valence-electron chi connectivity index (χ3n) is 1.57. The van der Waals surface area contributed by atoms with E-state index in [0.717, 1.165) is 5.56 Å². The SMILES string of the molecule is NC/C=C/c1ccccc1SC(F)F. The predicted molar refractivity (Wildman–Crippen MR) is 56.4 cm³/mol. The van der Waals surface area contributed by atoms with Crippen molar-refractivity contribution in [3.63, 3.8) is 0 Å². The van der Waals surface area contributed by atoms with E-state index in [0.29, 0.717) is 23.2 Å². The third-order valence-corrected chi connectivity index (χ3v) is 2.37. The van der Waals surface area contributed by atoms with Gasteiger partial charge < -0.3 is 5.73 Å². The normalized spacial score (nSPS) is 11.4. The zero-order valence-electron chi connectivity index (χ0n) is 7.49. The molecule has 0 atom stereocenters. The second-order valence-corrected chi connectivity index (χ2v) is 3.59. The van der Waals surface area contributed by atoms with Crippen molar-refractivity contribution in [1.29, 1.82) is 0 Å². The quantitative estimate of drug-likeness (QED) is 0.781. The Labute approximate surface area is 86.0 Å². The van der Waals surface area contributed by atoms with Gasteiger partial charge in [-0.3, -0.25) is 0 Å². The fourth-order valence-electron chi connectivity index (χ4n) is 1.02. The number of hydrogen-bond donors (Lipinski definition) is 1. The molecule has 4 heteroatoms. The van der Waals surface area contributed by atoms with E-state index in [4.69, 9.17) is 5.73 Å². The summed E-state index contributed by atoms with van der Waals surface area (Å²) in [7, 11) is 0. The Morgan fingerprint density at radius 2 is 2.07 bits per heavy atom. The van der Waals surface area contributed by atoms with E-state index in [1.54, 1.807) is 30.4 Å². The average molecular weight is 215 g/mol. The molecule has 0 aliphatic rings. The van der Waals surface area contributed by atoms with Gasteiger partial charge >= 0.3 is 0 Å². The van der Waals surface area contributed by atoms with Crippen LogP contribution < -0.4 is 5.73 Å². The van der Waals surface area contributed by atoms with Crippen LogP contribution in [0.5, 0.6) is 0 Å². The summed E-state index contributed by atoms with van der Waals surface area (Å²) in [6, 6.07) is 7.01. The fourth-order valence-corrected chi connectivity index (χ4v) is 1.64. The summed E-state index contributed by atoms with van der Waals surface area (Å²) in [6.07, 6.45) is 3.50. The lowest BCUT2D eigenvalue weighted by molar-refractivity contribution is 0.252. The zero-order valence-corrected chi connectivity index (χ0v) is 8.31. The van der Waals surface area contributed by atoms with Crippen molar-refractivity contribution in [1.82, 2.24) is 0 Å². The Kier molecular flexibility index (Phi) is 4.62. The molecule has 0 unspecified atom stereocenters. The summed E-state index contributed by atoms with van der Waals surface area (Å²) >= 11 is 0.550. The molecule has 0 fully saturated rings. The highest BCUT2D eigenvalue weighted by molar-refractivity contribution is 7.99. The minimum absolute atomic E-state index is 0.410. The molecule has 0 aliphatic carbocycles. The molecule has 0 aliphatic heterocycles. The van der Waals surface area contributed by atoms with E-state index in [9.17, 15) is 8.78 Å². The van der Waals surface area contributed by atoms with Crippen LogP contribution in [0.4, 0.5) is 8.78 Å². The molecule has 1 nitrogen and oxygen atoms in total. The minimum atomic E-state index is -2.39. The van der Waals surface area contributed by atoms with Crippen molar-refractivity contribution in [2.45, 2.75) is 10.7 Å². The van der Waals surface area contributed by atoms with Gasteiger partial charge in [0, 0.05) is 11.4 Å². The minimum Gasteiger partial charge on any atom is -0.327 e. The molecule has 0 heterocycles. The average Bonchev–Trinajstić information content (AvgIpc) is 2.16. The molecule has 14 heavy (non-hydrogen) atoms. The van der Waals surface area contributed by atoms with Crippen LogP contribution >= 0.6 is 11.8 Å². The zero-order chi connectivity index (χ0) is 10.4. The molecular weight excluding hydrogens is 204 g/mol. The Balaban J connectivity index is 2.85. The van der Waals surface area contributed by atoms with Crippen molar-refractivity contribution < 1.29 is 8.78 Å². The third kappa shape index (κ3) is 3.47. The van der Waals surface area contributed by atoms with Gasteiger partial charge in [-0.1, -0.05) is 42.1 Å². The molecule has 1 aromatic rings. The van der Waals surface area contributed by atoms with Gasteiger partial charge in [-0.15, -0.1) is 0 Å². The van der Waals surface area contributed by atoms with Gasteiger partial charge in [-0.25, -0.2) is 0 Å². The molecule has 0 radical (unpaired) electrons. The molecule has 0 aromatic heterocycles. The first kappa shape index (κ1) is 11.2. The monoisotopic (exact) mass is 215 g/mol. The molecule has 0 saturated heterocycles. The smallest absolute Gasteiger partial charge is 0.288 e. The number of benzene rings is 1. The van der Waals surface area contributed by atoms with E-state index in [2.05, 4.69) is 0 Å². The highest BCUT2D eigenvalue weighted by Crippen LogP contribution is 2.28. The maximum Gasteiger partial charge on any atom is 0.288 e. The number of nitrogens with two attached hydrogens (primary N) is 1. The Bertz CT molecular complexity index is 313. The van der Waals surface area contributed by atoms with Crippen LogP contribution in [0.3, 0.4) is 0 Å². The molecule has 0 amide bonds. The summed E-state index contributed by atoms with van der Waals surface area (Å²) < 4.78 is 24.3. The maximum absolute atomic E-state index is 12.1. The second kappa shape index (κ2) is 5.78. The summed E-state index contributed by atoms with van der Waals surface area (Å²) in [5, 5.41) is 0. The van der Waals surface area contributed by atoms with Gasteiger partial charge in [0.15, 0.2) is 0 Å². The topological polar surface area (TPSA) is 26.0 Å². The summed E-state index contributed by atoms with van der Waals surface area (Å²) in [5.41, 5.74) is 6.07. The summed E-state index contributed by atoms with van der Waals surface area (Å²) in [6.45, 7) is 0.410. The van der Waals surface area contributed by atoms with Crippen molar-refractivity contribution in [2.75, 3.05) is 6.54 Å². The van der Waals surface area contributed by atoms with Gasteiger partial charge in [-0.2, -0.15) is 8.78 Å². The maximum atomic E-state index is 12.1. The molecule has 1 rings (SSSR count). The summed E-state index contributed by atoms with van der Waals surface area (Å²) in [4.78, 5) is 0.576. The Hall–Kier alpha value is -0.870. The predicted octanol–water partition coefficient (Wildman–Crippen LogP) is 2.97. The second-order valence-electron chi connectivity index (χ2n) is 2.55. The van der Waals surface area contributed by atoms with Crippen LogP contribution in [0.2, 0.25) is 0 Å². The van der Waals surface area contributed by atoms with Gasteiger partial charge in [-0.05, 0) is 11.6 Å². The highest BCUT2D eigenvalue weighted by atomic mass is 32.2. The first-order chi connectivity index (χ1) is 6.74. The van der Waals surface area contributed by atoms with E-state index in [1.165, 1.54) is 0 Å². The lowest BCUT2D eigenvalue weighted by atomic mass is 10.2.